The molecular weight excluding hydrogens is 543 g/mol. The number of benzene rings is 2. The summed E-state index contributed by atoms with van der Waals surface area (Å²) in [6.45, 7) is 3.99. The number of nitrogens with one attached hydrogen (secondary N) is 1. The molecule has 7 nitrogen and oxygen atoms in total. The highest BCUT2D eigenvalue weighted by Crippen LogP contribution is 2.32. The molecule has 2 rings (SSSR count). The summed E-state index contributed by atoms with van der Waals surface area (Å²) < 4.78 is 65.1. The fraction of sp³-hybridized carbons (Fsp3) is 0.462. The number of alkyl halides is 3. The number of hydrogen-bond donors (Lipinski definition) is 1. The molecule has 1 atom stereocenters. The standard InChI is InChI=1S/C26H33ClF3N3O4S/c1-4-5-15-31-25(35)19(2)32(18-20-11-13-22(27)14-12-20)24(34)10-7-16-33(38(3,36)37)23-9-6-8-21(17-23)26(28,29)30/h6,8-9,11-14,17,19H,4-5,7,10,15-16,18H2,1-3H3,(H,31,35)/t19-/m1/s1. The van der Waals surface area contributed by atoms with Gasteiger partial charge >= 0.3 is 6.18 Å². The molecule has 0 radical (unpaired) electrons. The Labute approximate surface area is 227 Å². The second-order valence-electron chi connectivity index (χ2n) is 8.96. The summed E-state index contributed by atoms with van der Waals surface area (Å²) in [5, 5.41) is 3.33. The van der Waals surface area contributed by atoms with E-state index in [0.29, 0.717) is 11.6 Å². The van der Waals surface area contributed by atoms with Gasteiger partial charge in [-0.25, -0.2) is 8.42 Å². The normalized spacial score (nSPS) is 12.6. The van der Waals surface area contributed by atoms with E-state index in [4.69, 9.17) is 11.6 Å². The number of carbonyl (C=O) groups is 2. The second kappa shape index (κ2) is 13.8. The lowest BCUT2D eigenvalue weighted by atomic mass is 10.1. The molecule has 0 bridgehead atoms. The second-order valence-corrected chi connectivity index (χ2v) is 11.3. The Balaban J connectivity index is 2.19. The van der Waals surface area contributed by atoms with Crippen molar-refractivity contribution in [3.8, 4) is 0 Å². The topological polar surface area (TPSA) is 86.8 Å². The van der Waals surface area contributed by atoms with Gasteiger partial charge in [-0.1, -0.05) is 43.1 Å². The first kappa shape index (κ1) is 31.4. The van der Waals surface area contributed by atoms with Crippen LogP contribution in [0.4, 0.5) is 18.9 Å². The van der Waals surface area contributed by atoms with Crippen molar-refractivity contribution in [2.45, 2.75) is 58.3 Å². The molecule has 1 N–H and O–H groups in total. The van der Waals surface area contributed by atoms with Crippen LogP contribution in [0.2, 0.25) is 5.02 Å². The van der Waals surface area contributed by atoms with E-state index in [9.17, 15) is 31.2 Å². The van der Waals surface area contributed by atoms with Crippen LogP contribution >= 0.6 is 11.6 Å². The van der Waals surface area contributed by atoms with Crippen LogP contribution in [0.25, 0.3) is 0 Å². The Kier molecular flexibility index (Phi) is 11.4. The van der Waals surface area contributed by atoms with Crippen molar-refractivity contribution in [2.24, 2.45) is 0 Å². The lowest BCUT2D eigenvalue weighted by Crippen LogP contribution is -2.48. The maximum absolute atomic E-state index is 13.2. The SMILES string of the molecule is CCCCNC(=O)[C@@H](C)N(Cc1ccc(Cl)cc1)C(=O)CCCN(c1cccc(C(F)(F)F)c1)S(C)(=O)=O. The summed E-state index contributed by atoms with van der Waals surface area (Å²) in [6, 6.07) is 10.0. The minimum Gasteiger partial charge on any atom is -0.354 e. The highest BCUT2D eigenvalue weighted by atomic mass is 35.5. The molecule has 2 amide bonds. The molecule has 0 saturated heterocycles. The molecule has 0 aliphatic carbocycles. The quantitative estimate of drug-likeness (QED) is 0.331. The summed E-state index contributed by atoms with van der Waals surface area (Å²) in [6.07, 6.45) is -2.14. The van der Waals surface area contributed by atoms with Crippen LogP contribution in [0.1, 0.15) is 50.7 Å². The van der Waals surface area contributed by atoms with Gasteiger partial charge in [0.25, 0.3) is 0 Å². The van der Waals surface area contributed by atoms with E-state index in [1.165, 1.54) is 11.0 Å². The van der Waals surface area contributed by atoms with Crippen molar-refractivity contribution in [2.75, 3.05) is 23.7 Å². The van der Waals surface area contributed by atoms with Crippen LogP contribution in [-0.4, -0.2) is 50.5 Å². The van der Waals surface area contributed by atoms with Gasteiger partial charge in [0.05, 0.1) is 17.5 Å². The molecule has 0 heterocycles. The molecule has 38 heavy (non-hydrogen) atoms. The van der Waals surface area contributed by atoms with E-state index in [0.717, 1.165) is 47.2 Å². The Hall–Kier alpha value is -2.79. The van der Waals surface area contributed by atoms with Gasteiger partial charge in [0.1, 0.15) is 6.04 Å². The minimum atomic E-state index is -4.63. The molecule has 210 valence electrons. The maximum atomic E-state index is 13.2. The van der Waals surface area contributed by atoms with E-state index in [2.05, 4.69) is 5.32 Å². The summed E-state index contributed by atoms with van der Waals surface area (Å²) in [7, 11) is -3.93. The lowest BCUT2D eigenvalue weighted by Gasteiger charge is -2.29. The Bertz CT molecular complexity index is 1190. The van der Waals surface area contributed by atoms with Crippen LogP contribution < -0.4 is 9.62 Å². The van der Waals surface area contributed by atoms with Crippen LogP contribution in [0.5, 0.6) is 0 Å². The number of carbonyl (C=O) groups excluding carboxylic acids is 2. The van der Waals surface area contributed by atoms with Gasteiger partial charge in [-0.3, -0.25) is 13.9 Å². The molecule has 0 aromatic heterocycles. The van der Waals surface area contributed by atoms with Gasteiger partial charge in [0, 0.05) is 31.1 Å². The number of halogens is 4. The molecule has 0 aliphatic heterocycles. The van der Waals surface area contributed by atoms with Gasteiger partial charge in [-0.05, 0) is 55.7 Å². The number of hydrogen-bond acceptors (Lipinski definition) is 4. The number of unbranched alkanes of at least 4 members (excludes halogenated alkanes) is 1. The van der Waals surface area contributed by atoms with E-state index in [1.54, 1.807) is 31.2 Å². The zero-order valence-electron chi connectivity index (χ0n) is 21.6. The number of rotatable bonds is 13. The average Bonchev–Trinajstić information content (AvgIpc) is 2.84. The molecule has 0 spiro atoms. The number of sulfonamides is 1. The van der Waals surface area contributed by atoms with Gasteiger partial charge < -0.3 is 10.2 Å². The lowest BCUT2D eigenvalue weighted by molar-refractivity contribution is -0.140. The third kappa shape index (κ3) is 9.50. The molecule has 0 fully saturated rings. The van der Waals surface area contributed by atoms with Gasteiger partial charge in [-0.15, -0.1) is 0 Å². The number of anilines is 1. The monoisotopic (exact) mass is 575 g/mol. The third-order valence-electron chi connectivity index (χ3n) is 5.88. The maximum Gasteiger partial charge on any atom is 0.416 e. The molecule has 12 heteroatoms. The summed E-state index contributed by atoms with van der Waals surface area (Å²) in [5.41, 5.74) is -0.370. The summed E-state index contributed by atoms with van der Waals surface area (Å²) in [5.74, 6) is -0.710. The van der Waals surface area contributed by atoms with Crippen LogP contribution in [0.3, 0.4) is 0 Å². The van der Waals surface area contributed by atoms with Gasteiger partial charge in [0.15, 0.2) is 0 Å². The van der Waals surface area contributed by atoms with E-state index in [1.807, 2.05) is 6.92 Å². The predicted octanol–water partition coefficient (Wildman–Crippen LogP) is 5.24. The predicted molar refractivity (Wildman–Crippen MR) is 142 cm³/mol. The van der Waals surface area contributed by atoms with Crippen molar-refractivity contribution in [1.29, 1.82) is 0 Å². The third-order valence-corrected chi connectivity index (χ3v) is 7.32. The molecule has 2 aromatic rings. The Morgan fingerprint density at radius 1 is 1.08 bits per heavy atom. The molecule has 0 saturated carbocycles. The zero-order valence-corrected chi connectivity index (χ0v) is 23.2. The van der Waals surface area contributed by atoms with E-state index < -0.39 is 33.7 Å². The average molecular weight is 576 g/mol. The first-order chi connectivity index (χ1) is 17.7. The van der Waals surface area contributed by atoms with Crippen molar-refractivity contribution < 1.29 is 31.2 Å². The Morgan fingerprint density at radius 2 is 1.74 bits per heavy atom. The van der Waals surface area contributed by atoms with Crippen LogP contribution in [-0.2, 0) is 32.3 Å². The molecule has 0 unspecified atom stereocenters. The fourth-order valence-corrected chi connectivity index (χ4v) is 4.83. The van der Waals surface area contributed by atoms with E-state index in [-0.39, 0.29) is 37.5 Å². The molecule has 0 aliphatic rings. The molecule has 2 aromatic carbocycles. The highest BCUT2D eigenvalue weighted by Gasteiger charge is 2.32. The smallest absolute Gasteiger partial charge is 0.354 e. The van der Waals surface area contributed by atoms with Crippen LogP contribution in [0, 0.1) is 0 Å². The van der Waals surface area contributed by atoms with Crippen molar-refractivity contribution in [1.82, 2.24) is 10.2 Å². The van der Waals surface area contributed by atoms with E-state index >= 15 is 0 Å². The van der Waals surface area contributed by atoms with Crippen molar-refractivity contribution in [3.05, 3.63) is 64.7 Å². The van der Waals surface area contributed by atoms with Crippen LogP contribution in [0.15, 0.2) is 48.5 Å². The highest BCUT2D eigenvalue weighted by molar-refractivity contribution is 7.92. The van der Waals surface area contributed by atoms with Gasteiger partial charge in [0.2, 0.25) is 21.8 Å². The fourth-order valence-electron chi connectivity index (χ4n) is 3.75. The van der Waals surface area contributed by atoms with Gasteiger partial charge in [-0.2, -0.15) is 13.2 Å². The summed E-state index contributed by atoms with van der Waals surface area (Å²) in [4.78, 5) is 27.4. The summed E-state index contributed by atoms with van der Waals surface area (Å²) >= 11 is 5.95. The number of amides is 2. The Morgan fingerprint density at radius 3 is 2.32 bits per heavy atom. The number of nitrogens with zero attached hydrogens (tertiary/aromatic N) is 2. The zero-order chi connectivity index (χ0) is 28.5. The minimum absolute atomic E-state index is 0.0312. The van der Waals surface area contributed by atoms with Crippen molar-refractivity contribution in [3.63, 3.8) is 0 Å². The van der Waals surface area contributed by atoms with Crippen molar-refractivity contribution >= 4 is 39.1 Å². The first-order valence-corrected chi connectivity index (χ1v) is 14.4. The molecular formula is C26H33ClF3N3O4S. The largest absolute Gasteiger partial charge is 0.416 e. The first-order valence-electron chi connectivity index (χ1n) is 12.2.